The Bertz CT molecular complexity index is 322. The minimum Gasteiger partial charge on any atom is -0.466 e. The van der Waals surface area contributed by atoms with E-state index >= 15 is 0 Å². The third-order valence-corrected chi connectivity index (χ3v) is 3.48. The molecule has 1 aromatic heterocycles. The lowest BCUT2D eigenvalue weighted by molar-refractivity contribution is 0.456. The Morgan fingerprint density at radius 3 is 2.56 bits per heavy atom. The Hall–Kier alpha value is -0.410. The van der Waals surface area contributed by atoms with Gasteiger partial charge in [0.05, 0.1) is 0 Å². The molecule has 0 fully saturated rings. The number of rotatable bonds is 6. The molecule has 0 aliphatic heterocycles. The van der Waals surface area contributed by atoms with Crippen molar-refractivity contribution in [3.05, 3.63) is 23.2 Å². The summed E-state index contributed by atoms with van der Waals surface area (Å²) < 4.78 is 5.55. The van der Waals surface area contributed by atoms with Gasteiger partial charge in [0, 0.05) is 17.6 Å². The lowest BCUT2D eigenvalue weighted by atomic mass is 10.1. The van der Waals surface area contributed by atoms with Gasteiger partial charge in [0.25, 0.3) is 0 Å². The summed E-state index contributed by atoms with van der Waals surface area (Å²) in [5, 5.41) is 3.61. The Balaban J connectivity index is 2.51. The van der Waals surface area contributed by atoms with Crippen LogP contribution in [0.25, 0.3) is 0 Å². The van der Waals surface area contributed by atoms with E-state index in [1.807, 2.05) is 25.6 Å². The summed E-state index contributed by atoms with van der Waals surface area (Å²) in [7, 11) is 0. The van der Waals surface area contributed by atoms with Crippen molar-refractivity contribution >= 4 is 11.8 Å². The molecule has 1 aromatic rings. The van der Waals surface area contributed by atoms with Gasteiger partial charge < -0.3 is 9.73 Å². The van der Waals surface area contributed by atoms with E-state index in [0.29, 0.717) is 12.1 Å². The zero-order valence-corrected chi connectivity index (χ0v) is 11.8. The van der Waals surface area contributed by atoms with Gasteiger partial charge in [-0.25, -0.2) is 0 Å². The molecule has 0 radical (unpaired) electrons. The first-order valence-corrected chi connectivity index (χ1v) is 7.26. The molecule has 0 saturated heterocycles. The summed E-state index contributed by atoms with van der Waals surface area (Å²) in [5.74, 6) is 3.25. The fourth-order valence-corrected chi connectivity index (χ4v) is 2.56. The molecule has 0 aliphatic rings. The topological polar surface area (TPSA) is 25.2 Å². The van der Waals surface area contributed by atoms with Crippen LogP contribution < -0.4 is 5.32 Å². The van der Waals surface area contributed by atoms with E-state index in [4.69, 9.17) is 4.42 Å². The van der Waals surface area contributed by atoms with Gasteiger partial charge >= 0.3 is 0 Å². The molecule has 16 heavy (non-hydrogen) atoms. The van der Waals surface area contributed by atoms with E-state index in [1.54, 1.807) is 0 Å². The van der Waals surface area contributed by atoms with E-state index in [9.17, 15) is 0 Å². The maximum atomic E-state index is 5.55. The standard InChI is InChI=1S/C13H23NOS/c1-9(6-7-16-5)14-11(3)13-8-10(2)15-12(13)4/h8-9,11,14H,6-7H2,1-5H3. The first-order valence-electron chi connectivity index (χ1n) is 5.86. The summed E-state index contributed by atoms with van der Waals surface area (Å²) in [6.45, 7) is 8.48. The van der Waals surface area contributed by atoms with Crippen molar-refractivity contribution in [3.63, 3.8) is 0 Å². The lowest BCUT2D eigenvalue weighted by Gasteiger charge is -2.19. The number of thioether (sulfide) groups is 1. The van der Waals surface area contributed by atoms with E-state index in [-0.39, 0.29) is 0 Å². The highest BCUT2D eigenvalue weighted by molar-refractivity contribution is 7.98. The molecular formula is C13H23NOS. The summed E-state index contributed by atoms with van der Waals surface area (Å²) >= 11 is 1.90. The predicted octanol–water partition coefficient (Wildman–Crippen LogP) is 3.69. The van der Waals surface area contributed by atoms with Crippen molar-refractivity contribution in [3.8, 4) is 0 Å². The summed E-state index contributed by atoms with van der Waals surface area (Å²) in [4.78, 5) is 0. The van der Waals surface area contributed by atoms with Crippen LogP contribution in [0.5, 0.6) is 0 Å². The Labute approximate surface area is 103 Å². The molecule has 2 nitrogen and oxygen atoms in total. The summed E-state index contributed by atoms with van der Waals surface area (Å²) in [6, 6.07) is 3.06. The van der Waals surface area contributed by atoms with Crippen molar-refractivity contribution in [2.24, 2.45) is 0 Å². The van der Waals surface area contributed by atoms with Gasteiger partial charge in [-0.3, -0.25) is 0 Å². The average molecular weight is 241 g/mol. The van der Waals surface area contributed by atoms with Crippen LogP contribution in [0.2, 0.25) is 0 Å². The van der Waals surface area contributed by atoms with E-state index in [2.05, 4.69) is 31.5 Å². The SMILES string of the molecule is CSCCC(C)NC(C)c1cc(C)oc1C. The molecule has 0 amide bonds. The predicted molar refractivity (Wildman–Crippen MR) is 72.2 cm³/mol. The zero-order valence-electron chi connectivity index (χ0n) is 11.0. The molecule has 2 atom stereocenters. The van der Waals surface area contributed by atoms with Crippen LogP contribution in [0.1, 0.15) is 43.4 Å². The van der Waals surface area contributed by atoms with Gasteiger partial charge in [0.15, 0.2) is 0 Å². The minimum atomic E-state index is 0.370. The van der Waals surface area contributed by atoms with Crippen LogP contribution in [0, 0.1) is 13.8 Å². The van der Waals surface area contributed by atoms with Gasteiger partial charge in [-0.1, -0.05) is 0 Å². The number of nitrogens with one attached hydrogen (secondary N) is 1. The van der Waals surface area contributed by atoms with Gasteiger partial charge in [-0.15, -0.1) is 0 Å². The van der Waals surface area contributed by atoms with Crippen LogP contribution in [0.15, 0.2) is 10.5 Å². The highest BCUT2D eigenvalue weighted by Gasteiger charge is 2.14. The smallest absolute Gasteiger partial charge is 0.105 e. The van der Waals surface area contributed by atoms with Gasteiger partial charge in [-0.2, -0.15) is 11.8 Å². The van der Waals surface area contributed by atoms with Crippen LogP contribution in [0.3, 0.4) is 0 Å². The van der Waals surface area contributed by atoms with Crippen LogP contribution in [0.4, 0.5) is 0 Å². The summed E-state index contributed by atoms with van der Waals surface area (Å²) in [6.07, 6.45) is 3.36. The van der Waals surface area contributed by atoms with E-state index in [0.717, 1.165) is 11.5 Å². The third-order valence-electron chi connectivity index (χ3n) is 2.84. The first kappa shape index (κ1) is 13.7. The molecule has 0 aromatic carbocycles. The zero-order chi connectivity index (χ0) is 12.1. The largest absolute Gasteiger partial charge is 0.466 e. The molecule has 1 N–H and O–H groups in total. The number of hydrogen-bond donors (Lipinski definition) is 1. The Morgan fingerprint density at radius 2 is 2.06 bits per heavy atom. The van der Waals surface area contributed by atoms with Gasteiger partial charge in [-0.05, 0) is 52.2 Å². The molecule has 0 spiro atoms. The van der Waals surface area contributed by atoms with Crippen LogP contribution in [-0.2, 0) is 0 Å². The molecule has 0 bridgehead atoms. The average Bonchev–Trinajstić information content (AvgIpc) is 2.54. The van der Waals surface area contributed by atoms with Crippen LogP contribution in [-0.4, -0.2) is 18.1 Å². The van der Waals surface area contributed by atoms with Crippen molar-refractivity contribution in [2.75, 3.05) is 12.0 Å². The second-order valence-electron chi connectivity index (χ2n) is 4.44. The molecule has 1 heterocycles. The number of aryl methyl sites for hydroxylation is 2. The Kier molecular flexibility index (Phi) is 5.42. The maximum Gasteiger partial charge on any atom is 0.105 e. The minimum absolute atomic E-state index is 0.370. The van der Waals surface area contributed by atoms with Crippen molar-refractivity contribution < 1.29 is 4.42 Å². The molecule has 0 aliphatic carbocycles. The molecular weight excluding hydrogens is 218 g/mol. The molecule has 3 heteroatoms. The van der Waals surface area contributed by atoms with E-state index < -0.39 is 0 Å². The third kappa shape index (κ3) is 3.87. The molecule has 0 saturated carbocycles. The van der Waals surface area contributed by atoms with Crippen molar-refractivity contribution in [1.29, 1.82) is 0 Å². The highest BCUT2D eigenvalue weighted by Crippen LogP contribution is 2.21. The normalized spacial score (nSPS) is 15.1. The van der Waals surface area contributed by atoms with Gasteiger partial charge in [0.2, 0.25) is 0 Å². The Morgan fingerprint density at radius 1 is 1.38 bits per heavy atom. The molecule has 1 rings (SSSR count). The van der Waals surface area contributed by atoms with Crippen molar-refractivity contribution in [1.82, 2.24) is 5.32 Å². The maximum absolute atomic E-state index is 5.55. The second kappa shape index (κ2) is 6.36. The fourth-order valence-electron chi connectivity index (χ4n) is 1.97. The quantitative estimate of drug-likeness (QED) is 0.822. The number of hydrogen-bond acceptors (Lipinski definition) is 3. The highest BCUT2D eigenvalue weighted by atomic mass is 32.2. The van der Waals surface area contributed by atoms with Crippen molar-refractivity contribution in [2.45, 2.75) is 46.2 Å². The lowest BCUT2D eigenvalue weighted by Crippen LogP contribution is -2.29. The summed E-state index contributed by atoms with van der Waals surface area (Å²) in [5.41, 5.74) is 1.29. The van der Waals surface area contributed by atoms with E-state index in [1.165, 1.54) is 17.7 Å². The number of furan rings is 1. The monoisotopic (exact) mass is 241 g/mol. The fraction of sp³-hybridized carbons (Fsp3) is 0.692. The second-order valence-corrected chi connectivity index (χ2v) is 5.43. The van der Waals surface area contributed by atoms with Gasteiger partial charge in [0.1, 0.15) is 11.5 Å². The van der Waals surface area contributed by atoms with Crippen LogP contribution >= 0.6 is 11.8 Å². The first-order chi connectivity index (χ1) is 7.54. The molecule has 2 unspecified atom stereocenters. The molecule has 92 valence electrons.